The Morgan fingerprint density at radius 3 is 2.15 bits per heavy atom. The van der Waals surface area contributed by atoms with Crippen LogP contribution in [0.4, 0.5) is 5.69 Å². The van der Waals surface area contributed by atoms with Gasteiger partial charge in [0.2, 0.25) is 5.91 Å². The van der Waals surface area contributed by atoms with Gasteiger partial charge in [0.15, 0.2) is 0 Å². The molecule has 1 aliphatic heterocycles. The van der Waals surface area contributed by atoms with Crippen LogP contribution in [-0.4, -0.2) is 68.2 Å². The van der Waals surface area contributed by atoms with Crippen molar-refractivity contribution in [3.8, 4) is 0 Å². The summed E-state index contributed by atoms with van der Waals surface area (Å²) in [6.07, 6.45) is 0. The summed E-state index contributed by atoms with van der Waals surface area (Å²) >= 11 is 0. The Hall–Kier alpha value is -0.600. The Balaban J connectivity index is 0. The van der Waals surface area contributed by atoms with Gasteiger partial charge in [-0.05, 0) is 24.2 Å². The molecule has 0 aromatic heterocycles. The van der Waals surface area contributed by atoms with Gasteiger partial charge in [0.05, 0.1) is 6.61 Å². The fraction of sp³-hybridized carbons (Fsp3) is 0.588. The van der Waals surface area contributed by atoms with E-state index in [1.807, 2.05) is 12.1 Å². The maximum Gasteiger partial charge on any atom is 0.243 e. The molecular weight excluding hydrogens is 399 g/mol. The minimum absolute atomic E-state index is 0. The fourth-order valence-electron chi connectivity index (χ4n) is 2.71. The number of benzene rings is 1. The van der Waals surface area contributed by atoms with Crippen molar-refractivity contribution in [2.24, 2.45) is 5.73 Å². The number of hydrogen-bond acceptors (Lipinski definition) is 5. The standard InChI is InChI=1S/C17H28N4O2.3ClH/c1-3-20-8-10-21(11-9-20)12-14-4-6-15(7-5-14)19-17(22)16(18)13-23-2;;;/h4-7,16H,3,8-13,18H2,1-2H3,(H,19,22);3*1H. The van der Waals surface area contributed by atoms with Crippen LogP contribution in [0, 0.1) is 0 Å². The van der Waals surface area contributed by atoms with E-state index in [1.165, 1.54) is 12.7 Å². The number of nitrogens with one attached hydrogen (secondary N) is 1. The second-order valence-corrected chi connectivity index (χ2v) is 5.96. The summed E-state index contributed by atoms with van der Waals surface area (Å²) in [4.78, 5) is 16.8. The highest BCUT2D eigenvalue weighted by molar-refractivity contribution is 5.94. The van der Waals surface area contributed by atoms with E-state index in [9.17, 15) is 4.79 Å². The highest BCUT2D eigenvalue weighted by Crippen LogP contribution is 2.13. The number of methoxy groups -OCH3 is 1. The molecule has 0 saturated carbocycles. The van der Waals surface area contributed by atoms with Gasteiger partial charge >= 0.3 is 0 Å². The van der Waals surface area contributed by atoms with Crippen molar-refractivity contribution in [3.05, 3.63) is 29.8 Å². The lowest BCUT2D eigenvalue weighted by molar-refractivity contribution is -0.118. The molecule has 0 radical (unpaired) electrons. The number of piperazine rings is 1. The summed E-state index contributed by atoms with van der Waals surface area (Å²) in [7, 11) is 1.53. The fourth-order valence-corrected chi connectivity index (χ4v) is 2.71. The van der Waals surface area contributed by atoms with Crippen LogP contribution in [0.25, 0.3) is 0 Å². The molecule has 1 aromatic carbocycles. The van der Waals surface area contributed by atoms with E-state index in [-0.39, 0.29) is 49.7 Å². The van der Waals surface area contributed by atoms with Crippen molar-refractivity contribution in [1.82, 2.24) is 9.80 Å². The van der Waals surface area contributed by atoms with Crippen LogP contribution in [-0.2, 0) is 16.1 Å². The van der Waals surface area contributed by atoms with E-state index < -0.39 is 6.04 Å². The van der Waals surface area contributed by atoms with Gasteiger partial charge in [0, 0.05) is 45.5 Å². The molecule has 0 spiro atoms. The molecule has 1 aromatic rings. The number of carbonyl (C=O) groups excluding carboxylic acids is 1. The molecule has 1 saturated heterocycles. The van der Waals surface area contributed by atoms with E-state index in [2.05, 4.69) is 34.2 Å². The smallest absolute Gasteiger partial charge is 0.243 e. The van der Waals surface area contributed by atoms with E-state index in [0.717, 1.165) is 45.0 Å². The monoisotopic (exact) mass is 428 g/mol. The van der Waals surface area contributed by atoms with Crippen molar-refractivity contribution in [2.45, 2.75) is 19.5 Å². The molecule has 1 aliphatic rings. The van der Waals surface area contributed by atoms with Crippen molar-refractivity contribution >= 4 is 48.8 Å². The van der Waals surface area contributed by atoms with Crippen molar-refractivity contribution < 1.29 is 9.53 Å². The van der Waals surface area contributed by atoms with Gasteiger partial charge in [-0.2, -0.15) is 0 Å². The number of carbonyl (C=O) groups is 1. The maximum absolute atomic E-state index is 11.8. The van der Waals surface area contributed by atoms with Crippen LogP contribution in [0.15, 0.2) is 24.3 Å². The number of ether oxygens (including phenoxy) is 1. The molecule has 9 heteroatoms. The van der Waals surface area contributed by atoms with Crippen LogP contribution in [0.3, 0.4) is 0 Å². The molecule has 1 amide bonds. The zero-order chi connectivity index (χ0) is 16.7. The average Bonchev–Trinajstić information content (AvgIpc) is 2.57. The van der Waals surface area contributed by atoms with Gasteiger partial charge < -0.3 is 20.7 Å². The second kappa shape index (κ2) is 14.5. The number of hydrogen-bond donors (Lipinski definition) is 2. The number of amides is 1. The molecule has 1 atom stereocenters. The van der Waals surface area contributed by atoms with E-state index in [1.54, 1.807) is 0 Å². The van der Waals surface area contributed by atoms with Crippen molar-refractivity contribution in [3.63, 3.8) is 0 Å². The van der Waals surface area contributed by atoms with Gasteiger partial charge in [0.25, 0.3) is 0 Å². The predicted octanol–water partition coefficient (Wildman–Crippen LogP) is 2.00. The SMILES string of the molecule is CCN1CCN(Cc2ccc(NC(=O)C(N)COC)cc2)CC1.Cl.Cl.Cl. The van der Waals surface area contributed by atoms with Gasteiger partial charge in [-0.15, -0.1) is 37.2 Å². The topological polar surface area (TPSA) is 70.8 Å². The Morgan fingerprint density at radius 1 is 1.12 bits per heavy atom. The molecule has 0 aliphatic carbocycles. The molecule has 1 unspecified atom stereocenters. The normalized spacial score (nSPS) is 15.8. The first kappa shape index (κ1) is 27.6. The van der Waals surface area contributed by atoms with E-state index in [4.69, 9.17) is 10.5 Å². The quantitative estimate of drug-likeness (QED) is 0.694. The summed E-state index contributed by atoms with van der Waals surface area (Å²) in [6, 6.07) is 7.33. The van der Waals surface area contributed by atoms with Crippen molar-refractivity contribution in [1.29, 1.82) is 0 Å². The second-order valence-electron chi connectivity index (χ2n) is 5.96. The van der Waals surface area contributed by atoms with Crippen LogP contribution in [0.2, 0.25) is 0 Å². The first-order valence-corrected chi connectivity index (χ1v) is 8.21. The molecule has 1 heterocycles. The molecule has 1 fully saturated rings. The lowest BCUT2D eigenvalue weighted by atomic mass is 10.1. The van der Waals surface area contributed by atoms with Crippen molar-refractivity contribution in [2.75, 3.05) is 51.8 Å². The molecular formula is C17H31Cl3N4O2. The number of nitrogens with two attached hydrogens (primary N) is 1. The Labute approximate surface area is 175 Å². The Morgan fingerprint density at radius 2 is 1.65 bits per heavy atom. The number of rotatable bonds is 7. The predicted molar refractivity (Wildman–Crippen MR) is 114 cm³/mol. The molecule has 6 nitrogen and oxygen atoms in total. The van der Waals surface area contributed by atoms with E-state index >= 15 is 0 Å². The average molecular weight is 430 g/mol. The molecule has 26 heavy (non-hydrogen) atoms. The van der Waals surface area contributed by atoms with Gasteiger partial charge in [0.1, 0.15) is 6.04 Å². The first-order chi connectivity index (χ1) is 11.1. The molecule has 0 bridgehead atoms. The molecule has 3 N–H and O–H groups in total. The number of halogens is 3. The van der Waals surface area contributed by atoms with E-state index in [0.29, 0.717) is 0 Å². The lowest BCUT2D eigenvalue weighted by Crippen LogP contribution is -2.45. The van der Waals surface area contributed by atoms with Gasteiger partial charge in [-0.25, -0.2) is 0 Å². The van der Waals surface area contributed by atoms with Crippen LogP contribution < -0.4 is 11.1 Å². The lowest BCUT2D eigenvalue weighted by Gasteiger charge is -2.34. The highest BCUT2D eigenvalue weighted by Gasteiger charge is 2.16. The molecule has 152 valence electrons. The zero-order valence-electron chi connectivity index (χ0n) is 15.3. The van der Waals surface area contributed by atoms with Gasteiger partial charge in [-0.1, -0.05) is 19.1 Å². The summed E-state index contributed by atoms with van der Waals surface area (Å²) in [5, 5.41) is 2.81. The molecule has 2 rings (SSSR count). The number of anilines is 1. The summed E-state index contributed by atoms with van der Waals surface area (Å²) < 4.78 is 4.89. The first-order valence-electron chi connectivity index (χ1n) is 8.21. The third-order valence-electron chi connectivity index (χ3n) is 4.22. The minimum atomic E-state index is -0.644. The minimum Gasteiger partial charge on any atom is -0.383 e. The number of likely N-dealkylation sites (N-methyl/N-ethyl adjacent to an activating group) is 1. The zero-order valence-corrected chi connectivity index (χ0v) is 17.8. The highest BCUT2D eigenvalue weighted by atomic mass is 35.5. The number of nitrogens with zero attached hydrogens (tertiary/aromatic N) is 2. The van der Waals surface area contributed by atoms with Crippen LogP contribution >= 0.6 is 37.2 Å². The van der Waals surface area contributed by atoms with Crippen LogP contribution in [0.5, 0.6) is 0 Å². The summed E-state index contributed by atoms with van der Waals surface area (Å²) in [5.41, 5.74) is 7.73. The largest absolute Gasteiger partial charge is 0.383 e. The Kier molecular flexibility index (Phi) is 15.4. The van der Waals surface area contributed by atoms with Gasteiger partial charge in [-0.3, -0.25) is 9.69 Å². The summed E-state index contributed by atoms with van der Waals surface area (Å²) in [5.74, 6) is -0.227. The summed E-state index contributed by atoms with van der Waals surface area (Å²) in [6.45, 7) is 9.01. The Bertz CT molecular complexity index is 497. The maximum atomic E-state index is 11.8. The third-order valence-corrected chi connectivity index (χ3v) is 4.22. The van der Waals surface area contributed by atoms with Crippen LogP contribution in [0.1, 0.15) is 12.5 Å². The third kappa shape index (κ3) is 8.86.